The van der Waals surface area contributed by atoms with E-state index in [0.29, 0.717) is 0 Å². The summed E-state index contributed by atoms with van der Waals surface area (Å²) in [6.07, 6.45) is 8.67. The Morgan fingerprint density at radius 2 is 2.17 bits per heavy atom. The van der Waals surface area contributed by atoms with Crippen LogP contribution in [0.25, 0.3) is 0 Å². The van der Waals surface area contributed by atoms with E-state index >= 15 is 0 Å². The van der Waals surface area contributed by atoms with E-state index in [1.165, 1.54) is 32.1 Å². The maximum Gasteiger partial charge on any atom is 0.0964 e. The van der Waals surface area contributed by atoms with Gasteiger partial charge < -0.3 is 10.1 Å². The van der Waals surface area contributed by atoms with Crippen LogP contribution in [-0.2, 0) is 17.8 Å². The van der Waals surface area contributed by atoms with Gasteiger partial charge in [0.1, 0.15) is 0 Å². The molecule has 5 heteroatoms. The van der Waals surface area contributed by atoms with Gasteiger partial charge in [0, 0.05) is 25.4 Å². The summed E-state index contributed by atoms with van der Waals surface area (Å²) in [6.45, 7) is 3.29. The first-order valence-electron chi connectivity index (χ1n) is 7.10. The first-order chi connectivity index (χ1) is 8.90. The Hall–Kier alpha value is -0.940. The maximum atomic E-state index is 5.60. The highest BCUT2D eigenvalue weighted by molar-refractivity contribution is 4.94. The number of nitrogens with zero attached hydrogens (tertiary/aromatic N) is 3. The van der Waals surface area contributed by atoms with Crippen LogP contribution in [0.5, 0.6) is 0 Å². The molecule has 2 fully saturated rings. The van der Waals surface area contributed by atoms with E-state index in [-0.39, 0.29) is 0 Å². The first kappa shape index (κ1) is 12.1. The molecule has 2 aliphatic carbocycles. The van der Waals surface area contributed by atoms with Gasteiger partial charge in [0.05, 0.1) is 18.8 Å². The lowest BCUT2D eigenvalue weighted by atomic mass is 10.3. The van der Waals surface area contributed by atoms with Crippen molar-refractivity contribution < 1.29 is 4.74 Å². The minimum absolute atomic E-state index is 0.723. The Morgan fingerprint density at radius 1 is 1.28 bits per heavy atom. The van der Waals surface area contributed by atoms with Gasteiger partial charge in [0.2, 0.25) is 0 Å². The first-order valence-corrected chi connectivity index (χ1v) is 7.10. The summed E-state index contributed by atoms with van der Waals surface area (Å²) >= 11 is 0. The fraction of sp³-hybridized carbons (Fsp3) is 0.846. The van der Waals surface area contributed by atoms with Crippen LogP contribution in [0.4, 0.5) is 0 Å². The topological polar surface area (TPSA) is 52.0 Å². The van der Waals surface area contributed by atoms with Crippen LogP contribution in [0.15, 0.2) is 6.20 Å². The predicted molar refractivity (Wildman–Crippen MR) is 68.0 cm³/mol. The van der Waals surface area contributed by atoms with Crippen molar-refractivity contribution in [2.45, 2.75) is 51.2 Å². The number of ether oxygens (including phenoxy) is 1. The SMILES string of the molecule is c1c(CNC2CC2)nnn1CCOCCC1CC1. The van der Waals surface area contributed by atoms with E-state index in [9.17, 15) is 0 Å². The van der Waals surface area contributed by atoms with Crippen molar-refractivity contribution in [1.82, 2.24) is 20.3 Å². The molecule has 3 rings (SSSR count). The van der Waals surface area contributed by atoms with E-state index in [1.807, 2.05) is 10.9 Å². The Labute approximate surface area is 108 Å². The highest BCUT2D eigenvalue weighted by Crippen LogP contribution is 2.32. The maximum absolute atomic E-state index is 5.60. The van der Waals surface area contributed by atoms with Crippen molar-refractivity contribution in [2.24, 2.45) is 5.92 Å². The molecule has 0 aromatic carbocycles. The molecule has 1 N–H and O–H groups in total. The minimum atomic E-state index is 0.723. The van der Waals surface area contributed by atoms with Gasteiger partial charge in [-0.2, -0.15) is 0 Å². The number of nitrogens with one attached hydrogen (secondary N) is 1. The molecule has 0 saturated heterocycles. The fourth-order valence-corrected chi connectivity index (χ4v) is 1.98. The second-order valence-corrected chi connectivity index (χ2v) is 5.47. The van der Waals surface area contributed by atoms with Crippen LogP contribution in [0.3, 0.4) is 0 Å². The third-order valence-corrected chi connectivity index (χ3v) is 3.57. The molecule has 0 amide bonds. The number of hydrogen-bond donors (Lipinski definition) is 1. The lowest BCUT2D eigenvalue weighted by molar-refractivity contribution is 0.118. The lowest BCUT2D eigenvalue weighted by Crippen LogP contribution is -2.15. The fourth-order valence-electron chi connectivity index (χ4n) is 1.98. The lowest BCUT2D eigenvalue weighted by Gasteiger charge is -2.02. The highest BCUT2D eigenvalue weighted by Gasteiger charge is 2.21. The van der Waals surface area contributed by atoms with Crippen molar-refractivity contribution in [3.05, 3.63) is 11.9 Å². The van der Waals surface area contributed by atoms with Crippen LogP contribution in [0.1, 0.15) is 37.8 Å². The van der Waals surface area contributed by atoms with Gasteiger partial charge in [-0.1, -0.05) is 18.1 Å². The van der Waals surface area contributed by atoms with E-state index in [2.05, 4.69) is 15.6 Å². The third-order valence-electron chi connectivity index (χ3n) is 3.57. The Bertz CT molecular complexity index is 371. The summed E-state index contributed by atoms with van der Waals surface area (Å²) in [5.74, 6) is 0.955. The third kappa shape index (κ3) is 4.07. The monoisotopic (exact) mass is 250 g/mol. The largest absolute Gasteiger partial charge is 0.380 e. The number of hydrogen-bond acceptors (Lipinski definition) is 4. The van der Waals surface area contributed by atoms with Crippen molar-refractivity contribution in [3.63, 3.8) is 0 Å². The molecule has 0 unspecified atom stereocenters. The van der Waals surface area contributed by atoms with E-state index < -0.39 is 0 Å². The molecule has 0 atom stereocenters. The Balaban J connectivity index is 1.28. The van der Waals surface area contributed by atoms with Crippen molar-refractivity contribution in [3.8, 4) is 0 Å². The molecule has 1 aromatic rings. The van der Waals surface area contributed by atoms with Crippen LogP contribution in [0, 0.1) is 5.92 Å². The van der Waals surface area contributed by atoms with Gasteiger partial charge in [-0.25, -0.2) is 4.68 Å². The second kappa shape index (κ2) is 5.80. The molecular weight excluding hydrogens is 228 g/mol. The van der Waals surface area contributed by atoms with Crippen molar-refractivity contribution in [2.75, 3.05) is 13.2 Å². The van der Waals surface area contributed by atoms with Crippen LogP contribution < -0.4 is 5.32 Å². The quantitative estimate of drug-likeness (QED) is 0.672. The molecule has 0 bridgehead atoms. The molecule has 100 valence electrons. The van der Waals surface area contributed by atoms with Gasteiger partial charge in [-0.15, -0.1) is 5.10 Å². The second-order valence-electron chi connectivity index (χ2n) is 5.47. The molecule has 0 spiro atoms. The molecular formula is C13H22N4O. The van der Waals surface area contributed by atoms with E-state index in [4.69, 9.17) is 4.74 Å². The zero-order valence-electron chi connectivity index (χ0n) is 10.8. The van der Waals surface area contributed by atoms with Gasteiger partial charge in [0.15, 0.2) is 0 Å². The Morgan fingerprint density at radius 3 is 2.94 bits per heavy atom. The molecule has 0 aliphatic heterocycles. The smallest absolute Gasteiger partial charge is 0.0964 e. The van der Waals surface area contributed by atoms with E-state index in [0.717, 1.165) is 44.0 Å². The van der Waals surface area contributed by atoms with Crippen LogP contribution in [-0.4, -0.2) is 34.2 Å². The molecule has 1 heterocycles. The molecule has 5 nitrogen and oxygen atoms in total. The number of aromatic nitrogens is 3. The van der Waals surface area contributed by atoms with Crippen molar-refractivity contribution >= 4 is 0 Å². The van der Waals surface area contributed by atoms with Gasteiger partial charge in [-0.05, 0) is 25.2 Å². The minimum Gasteiger partial charge on any atom is -0.380 e. The standard InChI is InChI=1S/C13H22N4O/c1-2-11(1)5-7-18-8-6-17-10-13(15-16-17)9-14-12-3-4-12/h10-12,14H,1-9H2. The summed E-state index contributed by atoms with van der Waals surface area (Å²) in [5, 5.41) is 11.7. The van der Waals surface area contributed by atoms with Gasteiger partial charge in [-0.3, -0.25) is 0 Å². The normalized spacial score (nSPS) is 19.3. The molecule has 18 heavy (non-hydrogen) atoms. The Kier molecular flexibility index (Phi) is 3.90. The summed E-state index contributed by atoms with van der Waals surface area (Å²) in [5.41, 5.74) is 1.03. The van der Waals surface area contributed by atoms with Gasteiger partial charge in [0.25, 0.3) is 0 Å². The summed E-state index contributed by atoms with van der Waals surface area (Å²) < 4.78 is 7.48. The summed E-state index contributed by atoms with van der Waals surface area (Å²) in [6, 6.07) is 0.723. The van der Waals surface area contributed by atoms with Gasteiger partial charge >= 0.3 is 0 Å². The molecule has 2 saturated carbocycles. The van der Waals surface area contributed by atoms with E-state index in [1.54, 1.807) is 0 Å². The molecule has 2 aliphatic rings. The van der Waals surface area contributed by atoms with Crippen LogP contribution >= 0.6 is 0 Å². The average Bonchev–Trinajstić information content (AvgIpc) is 3.28. The zero-order valence-corrected chi connectivity index (χ0v) is 10.8. The number of rotatable bonds is 9. The molecule has 0 radical (unpaired) electrons. The predicted octanol–water partition coefficient (Wildman–Crippen LogP) is 1.35. The summed E-state index contributed by atoms with van der Waals surface area (Å²) in [7, 11) is 0. The average molecular weight is 250 g/mol. The molecule has 1 aromatic heterocycles. The zero-order chi connectivity index (χ0) is 12.2. The van der Waals surface area contributed by atoms with Crippen LogP contribution in [0.2, 0.25) is 0 Å². The van der Waals surface area contributed by atoms with Crippen molar-refractivity contribution in [1.29, 1.82) is 0 Å². The highest BCUT2D eigenvalue weighted by atomic mass is 16.5. The summed E-state index contributed by atoms with van der Waals surface area (Å²) in [4.78, 5) is 0.